The van der Waals surface area contributed by atoms with Crippen LogP contribution in [0.2, 0.25) is 0 Å². The first kappa shape index (κ1) is 12.7. The fraction of sp³-hybridized carbons (Fsp3) is 0.143. The van der Waals surface area contributed by atoms with Gasteiger partial charge in [0.2, 0.25) is 0 Å². The van der Waals surface area contributed by atoms with Crippen molar-refractivity contribution in [3.8, 4) is 22.0 Å². The van der Waals surface area contributed by atoms with Crippen molar-refractivity contribution in [1.29, 1.82) is 0 Å². The zero-order valence-electron chi connectivity index (χ0n) is 11.2. The van der Waals surface area contributed by atoms with E-state index in [4.69, 9.17) is 10.5 Å². The Balaban J connectivity index is 2.15. The Kier molecular flexibility index (Phi) is 3.15. The highest BCUT2D eigenvalue weighted by Crippen LogP contribution is 2.31. The number of nitrogens with two attached hydrogens (primary N) is 1. The quantitative estimate of drug-likeness (QED) is 0.804. The van der Waals surface area contributed by atoms with E-state index in [1.807, 2.05) is 42.6 Å². The van der Waals surface area contributed by atoms with E-state index >= 15 is 0 Å². The maximum absolute atomic E-state index is 6.19. The van der Waals surface area contributed by atoms with Crippen LogP contribution in [0.4, 0.5) is 5.82 Å². The minimum Gasteiger partial charge on any atom is -0.494 e. The molecule has 3 aromatic rings. The van der Waals surface area contributed by atoms with Crippen molar-refractivity contribution < 1.29 is 4.74 Å². The molecule has 2 N–H and O–H groups in total. The lowest BCUT2D eigenvalue weighted by atomic mass is 10.2. The minimum absolute atomic E-state index is 0.511. The molecule has 0 amide bonds. The van der Waals surface area contributed by atoms with Gasteiger partial charge >= 0.3 is 0 Å². The standard InChI is InChI=1S/C14H14N4OS/c1-9-5-6-11(19-2)10(8-9)18-14(15)13(16-17-18)12-4-3-7-20-12/h3-8H,15H2,1-2H3. The molecule has 102 valence electrons. The summed E-state index contributed by atoms with van der Waals surface area (Å²) in [5, 5.41) is 10.3. The van der Waals surface area contributed by atoms with Crippen LogP contribution in [0.25, 0.3) is 16.3 Å². The molecule has 0 saturated heterocycles. The van der Waals surface area contributed by atoms with E-state index in [1.165, 1.54) is 0 Å². The fourth-order valence-corrected chi connectivity index (χ4v) is 2.74. The second-order valence-electron chi connectivity index (χ2n) is 4.39. The van der Waals surface area contributed by atoms with E-state index in [0.29, 0.717) is 17.3 Å². The maximum Gasteiger partial charge on any atom is 0.156 e. The summed E-state index contributed by atoms with van der Waals surface area (Å²) in [4.78, 5) is 1.00. The summed E-state index contributed by atoms with van der Waals surface area (Å²) in [6, 6.07) is 9.79. The topological polar surface area (TPSA) is 66.0 Å². The molecule has 1 aromatic carbocycles. The number of nitrogens with zero attached hydrogens (tertiary/aromatic N) is 3. The van der Waals surface area contributed by atoms with Crippen molar-refractivity contribution in [2.24, 2.45) is 0 Å². The monoisotopic (exact) mass is 286 g/mol. The van der Waals surface area contributed by atoms with Crippen LogP contribution in [0.15, 0.2) is 35.7 Å². The number of rotatable bonds is 3. The summed E-state index contributed by atoms with van der Waals surface area (Å²) in [5.74, 6) is 1.22. The molecule has 0 aliphatic carbocycles. The number of benzene rings is 1. The van der Waals surface area contributed by atoms with Crippen LogP contribution >= 0.6 is 11.3 Å². The molecule has 0 fully saturated rings. The van der Waals surface area contributed by atoms with E-state index < -0.39 is 0 Å². The Labute approximate surface area is 120 Å². The molecule has 0 aliphatic heterocycles. The predicted octanol–water partition coefficient (Wildman–Crippen LogP) is 2.90. The van der Waals surface area contributed by atoms with Crippen LogP contribution in [-0.4, -0.2) is 22.1 Å². The SMILES string of the molecule is COc1ccc(C)cc1-n1nnc(-c2cccs2)c1N. The molecule has 0 atom stereocenters. The van der Waals surface area contributed by atoms with Gasteiger partial charge in [0.05, 0.1) is 12.0 Å². The maximum atomic E-state index is 6.19. The van der Waals surface area contributed by atoms with Gasteiger partial charge in [0.1, 0.15) is 17.1 Å². The molecule has 0 spiro atoms. The third-order valence-electron chi connectivity index (χ3n) is 3.02. The Morgan fingerprint density at radius 1 is 1.30 bits per heavy atom. The molecule has 5 nitrogen and oxygen atoms in total. The summed E-state index contributed by atoms with van der Waals surface area (Å²) >= 11 is 1.58. The Morgan fingerprint density at radius 3 is 2.85 bits per heavy atom. The van der Waals surface area contributed by atoms with Crippen LogP contribution in [0.3, 0.4) is 0 Å². The normalized spacial score (nSPS) is 10.7. The number of anilines is 1. The molecule has 2 aromatic heterocycles. The van der Waals surface area contributed by atoms with Crippen LogP contribution in [0.1, 0.15) is 5.56 Å². The molecule has 3 rings (SSSR count). The Bertz CT molecular complexity index is 734. The van der Waals surface area contributed by atoms with Crippen LogP contribution in [-0.2, 0) is 0 Å². The average molecular weight is 286 g/mol. The fourth-order valence-electron chi connectivity index (χ4n) is 2.02. The van der Waals surface area contributed by atoms with Crippen molar-refractivity contribution in [2.75, 3.05) is 12.8 Å². The van der Waals surface area contributed by atoms with Gasteiger partial charge in [0.15, 0.2) is 5.82 Å². The molecule has 0 saturated carbocycles. The van der Waals surface area contributed by atoms with Gasteiger partial charge in [-0.3, -0.25) is 0 Å². The summed E-state index contributed by atoms with van der Waals surface area (Å²) in [7, 11) is 1.63. The molecule has 6 heteroatoms. The minimum atomic E-state index is 0.511. The van der Waals surface area contributed by atoms with Gasteiger partial charge in [-0.25, -0.2) is 0 Å². The van der Waals surface area contributed by atoms with E-state index in [9.17, 15) is 0 Å². The number of ether oxygens (including phenoxy) is 1. The van der Waals surface area contributed by atoms with Gasteiger partial charge in [0.25, 0.3) is 0 Å². The number of aryl methyl sites for hydroxylation is 1. The predicted molar refractivity (Wildman–Crippen MR) is 80.4 cm³/mol. The van der Waals surface area contributed by atoms with Gasteiger partial charge in [-0.15, -0.1) is 16.4 Å². The van der Waals surface area contributed by atoms with Gasteiger partial charge in [-0.1, -0.05) is 17.3 Å². The largest absolute Gasteiger partial charge is 0.494 e. The van der Waals surface area contributed by atoms with Gasteiger partial charge in [-0.05, 0) is 36.1 Å². The highest BCUT2D eigenvalue weighted by atomic mass is 32.1. The van der Waals surface area contributed by atoms with Crippen molar-refractivity contribution in [3.05, 3.63) is 41.3 Å². The Hall–Kier alpha value is -2.34. The lowest BCUT2D eigenvalue weighted by molar-refractivity contribution is 0.411. The number of nitrogen functional groups attached to an aromatic ring is 1. The highest BCUT2D eigenvalue weighted by molar-refractivity contribution is 7.13. The van der Waals surface area contributed by atoms with Crippen molar-refractivity contribution in [1.82, 2.24) is 15.0 Å². The first-order valence-electron chi connectivity index (χ1n) is 6.11. The van der Waals surface area contributed by atoms with Crippen LogP contribution < -0.4 is 10.5 Å². The molecule has 0 bridgehead atoms. The molecule has 0 radical (unpaired) electrons. The molecular weight excluding hydrogens is 272 g/mol. The second-order valence-corrected chi connectivity index (χ2v) is 5.34. The van der Waals surface area contributed by atoms with E-state index in [-0.39, 0.29) is 0 Å². The van der Waals surface area contributed by atoms with Gasteiger partial charge in [0, 0.05) is 0 Å². The zero-order chi connectivity index (χ0) is 14.1. The first-order valence-corrected chi connectivity index (χ1v) is 6.98. The zero-order valence-corrected chi connectivity index (χ0v) is 12.0. The number of methoxy groups -OCH3 is 1. The van der Waals surface area contributed by atoms with E-state index in [1.54, 1.807) is 23.1 Å². The Morgan fingerprint density at radius 2 is 2.15 bits per heavy atom. The van der Waals surface area contributed by atoms with Crippen molar-refractivity contribution in [3.63, 3.8) is 0 Å². The molecule has 0 unspecified atom stereocenters. The summed E-state index contributed by atoms with van der Waals surface area (Å²) < 4.78 is 6.98. The lowest BCUT2D eigenvalue weighted by Crippen LogP contribution is -2.04. The molecule has 2 heterocycles. The average Bonchev–Trinajstić information content (AvgIpc) is 3.07. The summed E-state index contributed by atoms with van der Waals surface area (Å²) in [5.41, 5.74) is 8.78. The third-order valence-corrected chi connectivity index (χ3v) is 3.90. The van der Waals surface area contributed by atoms with E-state index in [2.05, 4.69) is 10.3 Å². The number of hydrogen-bond donors (Lipinski definition) is 1. The number of aromatic nitrogens is 3. The van der Waals surface area contributed by atoms with Crippen molar-refractivity contribution >= 4 is 17.2 Å². The smallest absolute Gasteiger partial charge is 0.156 e. The number of thiophene rings is 1. The number of hydrogen-bond acceptors (Lipinski definition) is 5. The first-order chi connectivity index (χ1) is 9.70. The molecular formula is C14H14N4OS. The second kappa shape index (κ2) is 4.97. The summed E-state index contributed by atoms with van der Waals surface area (Å²) in [6.45, 7) is 2.01. The molecule has 0 aliphatic rings. The summed E-state index contributed by atoms with van der Waals surface area (Å²) in [6.07, 6.45) is 0. The highest BCUT2D eigenvalue weighted by Gasteiger charge is 2.16. The van der Waals surface area contributed by atoms with Gasteiger partial charge < -0.3 is 10.5 Å². The lowest BCUT2D eigenvalue weighted by Gasteiger charge is -2.10. The van der Waals surface area contributed by atoms with E-state index in [0.717, 1.165) is 16.1 Å². The van der Waals surface area contributed by atoms with Crippen LogP contribution in [0.5, 0.6) is 5.75 Å². The van der Waals surface area contributed by atoms with Crippen molar-refractivity contribution in [2.45, 2.75) is 6.92 Å². The van der Waals surface area contributed by atoms with Crippen LogP contribution in [0, 0.1) is 6.92 Å². The van der Waals surface area contributed by atoms with Gasteiger partial charge in [-0.2, -0.15) is 4.68 Å². The third kappa shape index (κ3) is 2.04. The molecule has 20 heavy (non-hydrogen) atoms.